The van der Waals surface area contributed by atoms with Crippen LogP contribution in [0.15, 0.2) is 0 Å². The van der Waals surface area contributed by atoms with Gasteiger partial charge >= 0.3 is 0 Å². The highest BCUT2D eigenvalue weighted by molar-refractivity contribution is 5.85. The Bertz CT molecular complexity index is 151. The molecule has 0 bridgehead atoms. The fraction of sp³-hybridized carbons (Fsp3) is 0.900. The Kier molecular flexibility index (Phi) is 6.13. The fourth-order valence-corrected chi connectivity index (χ4v) is 1.63. The summed E-state index contributed by atoms with van der Waals surface area (Å²) in [5.41, 5.74) is 0. The average molecular weight is 205 g/mol. The van der Waals surface area contributed by atoms with Crippen LogP contribution in [0.4, 0.5) is 0 Å². The van der Waals surface area contributed by atoms with Crippen LogP contribution in [-0.4, -0.2) is 11.9 Å². The molecule has 2 N–H and O–H groups in total. The Morgan fingerprint density at radius 3 is 2.23 bits per heavy atom. The van der Waals surface area contributed by atoms with Crippen molar-refractivity contribution >= 4 is 18.2 Å². The molecule has 0 saturated heterocycles. The molecule has 13 heavy (non-hydrogen) atoms. The number of hydrogen-bond acceptors (Lipinski definition) is 1. The van der Waals surface area contributed by atoms with E-state index in [2.05, 4.69) is 19.2 Å². The molecule has 0 aliphatic heterocycles. The van der Waals surface area contributed by atoms with Gasteiger partial charge in [0.05, 0.1) is 5.84 Å². The Balaban J connectivity index is 0.00000144. The van der Waals surface area contributed by atoms with Gasteiger partial charge in [-0.2, -0.15) is 0 Å². The second-order valence-electron chi connectivity index (χ2n) is 4.05. The minimum Gasteiger partial charge on any atom is -0.371 e. The quantitative estimate of drug-likeness (QED) is 0.527. The predicted octanol–water partition coefficient (Wildman–Crippen LogP) is 2.96. The zero-order chi connectivity index (χ0) is 8.97. The van der Waals surface area contributed by atoms with Crippen molar-refractivity contribution in [1.82, 2.24) is 5.32 Å². The molecule has 0 heterocycles. The molecule has 0 unspecified atom stereocenters. The summed E-state index contributed by atoms with van der Waals surface area (Å²) in [5.74, 6) is 1.06. The van der Waals surface area contributed by atoms with Crippen LogP contribution >= 0.6 is 12.4 Å². The maximum Gasteiger partial charge on any atom is 0.0959 e. The first-order chi connectivity index (χ1) is 5.70. The van der Waals surface area contributed by atoms with Crippen molar-refractivity contribution in [3.8, 4) is 0 Å². The van der Waals surface area contributed by atoms with Gasteiger partial charge in [0, 0.05) is 12.0 Å². The number of amidine groups is 1. The maximum atomic E-state index is 7.67. The monoisotopic (exact) mass is 204 g/mol. The zero-order valence-corrected chi connectivity index (χ0v) is 9.41. The number of halogens is 1. The van der Waals surface area contributed by atoms with Crippen molar-refractivity contribution in [2.24, 2.45) is 5.92 Å². The van der Waals surface area contributed by atoms with Crippen molar-refractivity contribution in [2.75, 3.05) is 0 Å². The largest absolute Gasteiger partial charge is 0.371 e. The van der Waals surface area contributed by atoms with E-state index in [1.165, 1.54) is 32.1 Å². The minimum absolute atomic E-state index is 0. The van der Waals surface area contributed by atoms with Gasteiger partial charge < -0.3 is 5.32 Å². The van der Waals surface area contributed by atoms with Crippen molar-refractivity contribution in [3.63, 3.8) is 0 Å². The summed E-state index contributed by atoms with van der Waals surface area (Å²) in [5, 5.41) is 11.0. The number of nitrogens with one attached hydrogen (secondary N) is 2. The van der Waals surface area contributed by atoms with Gasteiger partial charge in [0.25, 0.3) is 0 Å². The van der Waals surface area contributed by atoms with Crippen LogP contribution in [0.5, 0.6) is 0 Å². The molecule has 0 aromatic heterocycles. The first-order valence-electron chi connectivity index (χ1n) is 5.05. The molecule has 0 atom stereocenters. The summed E-state index contributed by atoms with van der Waals surface area (Å²) in [6, 6.07) is 0.591. The van der Waals surface area contributed by atoms with Crippen LogP contribution in [0.1, 0.15) is 46.0 Å². The van der Waals surface area contributed by atoms with Crippen LogP contribution in [0.25, 0.3) is 0 Å². The summed E-state index contributed by atoms with van der Waals surface area (Å²) in [6.45, 7) is 4.14. The lowest BCUT2D eigenvalue weighted by molar-refractivity contribution is 0.408. The first kappa shape index (κ1) is 12.8. The van der Waals surface area contributed by atoms with Gasteiger partial charge in [0.2, 0.25) is 0 Å². The van der Waals surface area contributed by atoms with Gasteiger partial charge in [-0.3, -0.25) is 5.41 Å². The van der Waals surface area contributed by atoms with Gasteiger partial charge in [-0.25, -0.2) is 0 Å². The van der Waals surface area contributed by atoms with Crippen LogP contribution in [0.3, 0.4) is 0 Å². The zero-order valence-electron chi connectivity index (χ0n) is 8.60. The van der Waals surface area contributed by atoms with Gasteiger partial charge in [0.15, 0.2) is 0 Å². The molecule has 0 aromatic carbocycles. The maximum absolute atomic E-state index is 7.67. The summed E-state index contributed by atoms with van der Waals surface area (Å²) in [7, 11) is 0. The van der Waals surface area contributed by atoms with Gasteiger partial charge in [-0.15, -0.1) is 12.4 Å². The standard InChI is InChI=1S/C10H20N2.ClH/c1-8(2)10(11)12-9-6-4-3-5-7-9;/h8-9H,3-7H2,1-2H3,(H2,11,12);1H. The summed E-state index contributed by atoms with van der Waals surface area (Å²) >= 11 is 0. The molecule has 0 spiro atoms. The predicted molar refractivity (Wildman–Crippen MR) is 59.8 cm³/mol. The SMILES string of the molecule is CC(C)C(=N)NC1CCCCC1.Cl. The molecule has 1 fully saturated rings. The highest BCUT2D eigenvalue weighted by Crippen LogP contribution is 2.17. The molecular formula is C10H21ClN2. The number of rotatable bonds is 2. The topological polar surface area (TPSA) is 35.9 Å². The van der Waals surface area contributed by atoms with Crippen molar-refractivity contribution < 1.29 is 0 Å². The molecule has 78 valence electrons. The third kappa shape index (κ3) is 4.51. The van der Waals surface area contributed by atoms with Crippen LogP contribution in [0, 0.1) is 11.3 Å². The normalized spacial score (nSPS) is 18.1. The van der Waals surface area contributed by atoms with E-state index in [1.54, 1.807) is 0 Å². The fourth-order valence-electron chi connectivity index (χ4n) is 1.63. The van der Waals surface area contributed by atoms with E-state index in [1.807, 2.05) is 0 Å². The molecule has 1 saturated carbocycles. The lowest BCUT2D eigenvalue weighted by atomic mass is 9.95. The van der Waals surface area contributed by atoms with Crippen LogP contribution in [0.2, 0.25) is 0 Å². The van der Waals surface area contributed by atoms with E-state index in [9.17, 15) is 0 Å². The van der Waals surface area contributed by atoms with E-state index < -0.39 is 0 Å². The second kappa shape index (κ2) is 6.25. The molecule has 0 radical (unpaired) electrons. The first-order valence-corrected chi connectivity index (χ1v) is 5.05. The summed E-state index contributed by atoms with van der Waals surface area (Å²) in [6.07, 6.45) is 6.57. The van der Waals surface area contributed by atoms with Crippen molar-refractivity contribution in [2.45, 2.75) is 52.0 Å². The van der Waals surface area contributed by atoms with E-state index in [4.69, 9.17) is 5.41 Å². The second-order valence-corrected chi connectivity index (χ2v) is 4.05. The van der Waals surface area contributed by atoms with Gasteiger partial charge in [-0.05, 0) is 12.8 Å². The summed E-state index contributed by atoms with van der Waals surface area (Å²) < 4.78 is 0. The average Bonchev–Trinajstić information content (AvgIpc) is 2.06. The Morgan fingerprint density at radius 2 is 1.77 bits per heavy atom. The van der Waals surface area contributed by atoms with Crippen LogP contribution < -0.4 is 5.32 Å². The van der Waals surface area contributed by atoms with Crippen molar-refractivity contribution in [3.05, 3.63) is 0 Å². The molecule has 0 aromatic rings. The smallest absolute Gasteiger partial charge is 0.0959 e. The Hall–Kier alpha value is -0.240. The lowest BCUT2D eigenvalue weighted by Gasteiger charge is -2.25. The highest BCUT2D eigenvalue weighted by atomic mass is 35.5. The third-order valence-corrected chi connectivity index (χ3v) is 2.54. The van der Waals surface area contributed by atoms with E-state index in [-0.39, 0.29) is 12.4 Å². The molecule has 1 aliphatic carbocycles. The molecule has 0 amide bonds. The molecule has 3 heteroatoms. The minimum atomic E-state index is 0. The summed E-state index contributed by atoms with van der Waals surface area (Å²) in [4.78, 5) is 0. The molecule has 1 aliphatic rings. The molecular weight excluding hydrogens is 184 g/mol. The third-order valence-electron chi connectivity index (χ3n) is 2.54. The van der Waals surface area contributed by atoms with Gasteiger partial charge in [0.1, 0.15) is 0 Å². The van der Waals surface area contributed by atoms with Crippen LogP contribution in [-0.2, 0) is 0 Å². The molecule has 1 rings (SSSR count). The Labute approximate surface area is 87.4 Å². The van der Waals surface area contributed by atoms with E-state index >= 15 is 0 Å². The van der Waals surface area contributed by atoms with E-state index in [0.29, 0.717) is 17.8 Å². The lowest BCUT2D eigenvalue weighted by Crippen LogP contribution is -2.38. The molecule has 2 nitrogen and oxygen atoms in total. The highest BCUT2D eigenvalue weighted by Gasteiger charge is 2.14. The van der Waals surface area contributed by atoms with Gasteiger partial charge in [-0.1, -0.05) is 33.1 Å². The number of hydrogen-bond donors (Lipinski definition) is 2. The van der Waals surface area contributed by atoms with Crippen molar-refractivity contribution in [1.29, 1.82) is 5.41 Å². The Morgan fingerprint density at radius 1 is 1.23 bits per heavy atom. The van der Waals surface area contributed by atoms with E-state index in [0.717, 1.165) is 0 Å².